The largest absolute Gasteiger partial charge is 0.434 e. The van der Waals surface area contributed by atoms with E-state index in [0.717, 1.165) is 18.3 Å². The van der Waals surface area contributed by atoms with Gasteiger partial charge in [0, 0.05) is 12.1 Å². The average molecular weight is 438 g/mol. The third kappa shape index (κ3) is 5.50. The summed E-state index contributed by atoms with van der Waals surface area (Å²) < 4.78 is 5.54. The molecule has 0 spiro atoms. The Balaban J connectivity index is 1.70. The smallest absolute Gasteiger partial charge is 0.374 e. The van der Waals surface area contributed by atoms with Gasteiger partial charge in [-0.15, -0.1) is 0 Å². The van der Waals surface area contributed by atoms with Crippen LogP contribution in [0, 0.1) is 20.2 Å². The van der Waals surface area contributed by atoms with Crippen LogP contribution in [0.1, 0.15) is 18.1 Å². The Morgan fingerprint density at radius 3 is 2.22 bits per heavy atom. The topological polar surface area (TPSA) is 162 Å². The number of aromatic nitrogens is 2. The summed E-state index contributed by atoms with van der Waals surface area (Å²) in [7, 11) is 0. The van der Waals surface area contributed by atoms with E-state index >= 15 is 0 Å². The fourth-order valence-corrected chi connectivity index (χ4v) is 2.69. The third-order valence-electron chi connectivity index (χ3n) is 4.35. The van der Waals surface area contributed by atoms with Crippen molar-refractivity contribution in [3.63, 3.8) is 0 Å². The number of aryl methyl sites for hydroxylation is 1. The molecular weight excluding hydrogens is 420 g/mol. The van der Waals surface area contributed by atoms with Crippen molar-refractivity contribution in [1.82, 2.24) is 15.4 Å². The first-order valence-corrected chi connectivity index (χ1v) is 9.41. The summed E-state index contributed by atoms with van der Waals surface area (Å²) in [4.78, 5) is 40.8. The molecule has 0 unspecified atom stereocenters. The van der Waals surface area contributed by atoms with Crippen LogP contribution in [0.2, 0.25) is 0 Å². The zero-order valence-corrected chi connectivity index (χ0v) is 16.8. The molecule has 0 aliphatic rings. The Morgan fingerprint density at radius 1 is 0.969 bits per heavy atom. The first-order chi connectivity index (χ1) is 15.4. The number of hydrazine groups is 1. The van der Waals surface area contributed by atoms with Crippen molar-refractivity contribution >= 4 is 23.1 Å². The summed E-state index contributed by atoms with van der Waals surface area (Å²) in [5, 5.41) is 22.3. The van der Waals surface area contributed by atoms with Crippen LogP contribution in [-0.2, 0) is 17.6 Å². The van der Waals surface area contributed by atoms with Crippen LogP contribution in [0.4, 0.5) is 17.2 Å². The van der Waals surface area contributed by atoms with Gasteiger partial charge in [-0.05, 0) is 29.7 Å². The third-order valence-corrected chi connectivity index (χ3v) is 4.35. The van der Waals surface area contributed by atoms with Gasteiger partial charge in [0.2, 0.25) is 11.7 Å². The number of nitrogens with one attached hydrogen (secondary N) is 2. The van der Waals surface area contributed by atoms with Gasteiger partial charge in [0.15, 0.2) is 0 Å². The molecule has 12 nitrogen and oxygen atoms in total. The first kappa shape index (κ1) is 22.1. The van der Waals surface area contributed by atoms with Crippen LogP contribution in [-0.4, -0.2) is 25.7 Å². The summed E-state index contributed by atoms with van der Waals surface area (Å²) in [6.45, 7) is 2.00. The van der Waals surface area contributed by atoms with Crippen LogP contribution in [0.15, 0.2) is 54.9 Å². The van der Waals surface area contributed by atoms with E-state index < -0.39 is 21.4 Å². The van der Waals surface area contributed by atoms with Crippen molar-refractivity contribution in [3.05, 3.63) is 86.2 Å². The minimum absolute atomic E-state index is 0.0965. The van der Waals surface area contributed by atoms with E-state index in [2.05, 4.69) is 20.8 Å². The standard InChI is InChI=1S/C20H18N6O6/c1-2-13-5-9-16(10-6-13)32-20-18(26(30)31)19(21-12-22-20)24-23-17(27)11-14-3-7-15(8-4-14)25(28)29/h3-10,12H,2,11H2,1H3,(H,23,27)(H,21,22,24). The Kier molecular flexibility index (Phi) is 6.85. The summed E-state index contributed by atoms with van der Waals surface area (Å²) in [5.41, 5.74) is 5.67. The summed E-state index contributed by atoms with van der Waals surface area (Å²) in [6, 6.07) is 12.5. The summed E-state index contributed by atoms with van der Waals surface area (Å²) in [5.74, 6) is -0.731. The number of anilines is 1. The number of hydrogen-bond donors (Lipinski definition) is 2. The molecule has 0 bridgehead atoms. The van der Waals surface area contributed by atoms with E-state index in [1.165, 1.54) is 24.3 Å². The molecule has 0 atom stereocenters. The van der Waals surface area contributed by atoms with Gasteiger partial charge in [0.1, 0.15) is 12.1 Å². The highest BCUT2D eigenvalue weighted by Crippen LogP contribution is 2.33. The number of hydrogen-bond acceptors (Lipinski definition) is 9. The summed E-state index contributed by atoms with van der Waals surface area (Å²) in [6.07, 6.45) is 1.78. The van der Waals surface area contributed by atoms with Crippen LogP contribution >= 0.6 is 0 Å². The van der Waals surface area contributed by atoms with Gasteiger partial charge < -0.3 is 4.74 Å². The van der Waals surface area contributed by atoms with Crippen LogP contribution in [0.25, 0.3) is 0 Å². The zero-order chi connectivity index (χ0) is 23.1. The maximum absolute atomic E-state index is 12.2. The van der Waals surface area contributed by atoms with Crippen LogP contribution in [0.5, 0.6) is 11.6 Å². The molecule has 12 heteroatoms. The number of carbonyl (C=O) groups is 1. The minimum atomic E-state index is -0.722. The van der Waals surface area contributed by atoms with Gasteiger partial charge in [-0.1, -0.05) is 31.2 Å². The number of rotatable bonds is 9. The minimum Gasteiger partial charge on any atom is -0.434 e. The van der Waals surface area contributed by atoms with Crippen molar-refractivity contribution in [3.8, 4) is 11.6 Å². The Morgan fingerprint density at radius 2 is 1.62 bits per heavy atom. The van der Waals surface area contributed by atoms with Crippen molar-refractivity contribution in [2.75, 3.05) is 5.43 Å². The lowest BCUT2D eigenvalue weighted by molar-refractivity contribution is -0.385. The van der Waals surface area contributed by atoms with Crippen LogP contribution in [0.3, 0.4) is 0 Å². The SMILES string of the molecule is CCc1ccc(Oc2ncnc(NNC(=O)Cc3ccc([N+](=O)[O-])cc3)c2[N+](=O)[O-])cc1. The molecule has 0 saturated heterocycles. The van der Waals surface area contributed by atoms with E-state index in [0.29, 0.717) is 11.3 Å². The fourth-order valence-electron chi connectivity index (χ4n) is 2.69. The van der Waals surface area contributed by atoms with Gasteiger partial charge >= 0.3 is 11.6 Å². The molecule has 2 N–H and O–H groups in total. The highest BCUT2D eigenvalue weighted by molar-refractivity contribution is 5.80. The first-order valence-electron chi connectivity index (χ1n) is 9.41. The predicted molar refractivity (Wildman–Crippen MR) is 113 cm³/mol. The van der Waals surface area contributed by atoms with Crippen molar-refractivity contribution in [2.45, 2.75) is 19.8 Å². The molecule has 0 saturated carbocycles. The van der Waals surface area contributed by atoms with E-state index in [-0.39, 0.29) is 23.8 Å². The van der Waals surface area contributed by atoms with Gasteiger partial charge in [-0.25, -0.2) is 4.98 Å². The lowest BCUT2D eigenvalue weighted by Gasteiger charge is -2.10. The molecular formula is C20H18N6O6. The van der Waals surface area contributed by atoms with Gasteiger partial charge in [0.25, 0.3) is 5.69 Å². The highest BCUT2D eigenvalue weighted by atomic mass is 16.6. The highest BCUT2D eigenvalue weighted by Gasteiger charge is 2.25. The quantitative estimate of drug-likeness (QED) is 0.377. The van der Waals surface area contributed by atoms with Crippen molar-refractivity contribution in [1.29, 1.82) is 0 Å². The molecule has 1 aromatic heterocycles. The second-order valence-corrected chi connectivity index (χ2v) is 6.51. The summed E-state index contributed by atoms with van der Waals surface area (Å²) >= 11 is 0. The molecule has 0 aliphatic carbocycles. The number of non-ortho nitro benzene ring substituents is 1. The Bertz CT molecular complexity index is 1130. The molecule has 1 heterocycles. The van der Waals surface area contributed by atoms with Gasteiger partial charge in [0.05, 0.1) is 16.3 Å². The van der Waals surface area contributed by atoms with E-state index in [1.807, 2.05) is 19.1 Å². The Labute approximate surface area is 181 Å². The molecule has 0 aliphatic heterocycles. The van der Waals surface area contributed by atoms with Gasteiger partial charge in [-0.3, -0.25) is 35.9 Å². The van der Waals surface area contributed by atoms with Gasteiger partial charge in [-0.2, -0.15) is 4.98 Å². The molecule has 164 valence electrons. The Hall–Kier alpha value is -4.61. The molecule has 3 rings (SSSR count). The second kappa shape index (κ2) is 9.93. The number of ether oxygens (including phenoxy) is 1. The predicted octanol–water partition coefficient (Wildman–Crippen LogP) is 3.33. The van der Waals surface area contributed by atoms with Crippen molar-refractivity contribution in [2.24, 2.45) is 0 Å². The average Bonchev–Trinajstić information content (AvgIpc) is 2.78. The monoisotopic (exact) mass is 438 g/mol. The maximum atomic E-state index is 12.2. The number of nitro groups is 2. The number of nitro benzene ring substituents is 1. The van der Waals surface area contributed by atoms with E-state index in [1.54, 1.807) is 12.1 Å². The number of amides is 1. The molecule has 1 amide bonds. The lowest BCUT2D eigenvalue weighted by Crippen LogP contribution is -2.31. The molecule has 0 radical (unpaired) electrons. The van der Waals surface area contributed by atoms with Crippen molar-refractivity contribution < 1.29 is 19.4 Å². The maximum Gasteiger partial charge on any atom is 0.374 e. The lowest BCUT2D eigenvalue weighted by atomic mass is 10.1. The normalized spacial score (nSPS) is 10.3. The number of nitrogens with zero attached hydrogens (tertiary/aromatic N) is 4. The second-order valence-electron chi connectivity index (χ2n) is 6.51. The number of benzene rings is 2. The molecule has 3 aromatic rings. The molecule has 32 heavy (non-hydrogen) atoms. The van der Waals surface area contributed by atoms with E-state index in [4.69, 9.17) is 4.74 Å². The van der Waals surface area contributed by atoms with E-state index in [9.17, 15) is 25.0 Å². The molecule has 2 aromatic carbocycles. The fraction of sp³-hybridized carbons (Fsp3) is 0.150. The number of carbonyl (C=O) groups excluding carboxylic acids is 1. The van der Waals surface area contributed by atoms with Crippen LogP contribution < -0.4 is 15.6 Å². The molecule has 0 fully saturated rings. The zero-order valence-electron chi connectivity index (χ0n) is 16.8.